The van der Waals surface area contributed by atoms with Gasteiger partial charge in [-0.05, 0) is 30.3 Å². The Morgan fingerprint density at radius 3 is 2.44 bits per heavy atom. The first-order valence-corrected chi connectivity index (χ1v) is 6.77. The van der Waals surface area contributed by atoms with Crippen molar-refractivity contribution in [1.82, 2.24) is 0 Å². The average Bonchev–Trinajstić information content (AvgIpc) is 2.55. The Labute approximate surface area is 139 Å². The zero-order valence-corrected chi connectivity index (χ0v) is 12.4. The van der Waals surface area contributed by atoms with Crippen LogP contribution in [0.3, 0.4) is 0 Å². The van der Waals surface area contributed by atoms with Gasteiger partial charge < -0.3 is 5.32 Å². The maximum absolute atomic E-state index is 13.6. The molecule has 128 valence electrons. The summed E-state index contributed by atoms with van der Waals surface area (Å²) < 4.78 is 64.7. The predicted molar refractivity (Wildman–Crippen MR) is 80.0 cm³/mol. The number of alkyl halides is 3. The quantitative estimate of drug-likeness (QED) is 0.501. The van der Waals surface area contributed by atoms with Gasteiger partial charge in [0.25, 0.3) is 5.91 Å². The topological polar surface area (TPSA) is 52.9 Å². The summed E-state index contributed by atoms with van der Waals surface area (Å²) in [6.45, 7) is 0. The molecule has 0 heterocycles. The molecule has 25 heavy (non-hydrogen) atoms. The third-order valence-corrected chi connectivity index (χ3v) is 3.09. The van der Waals surface area contributed by atoms with Crippen LogP contribution in [0.25, 0.3) is 6.08 Å². The van der Waals surface area contributed by atoms with Crippen LogP contribution >= 0.6 is 0 Å². The summed E-state index contributed by atoms with van der Waals surface area (Å²) in [6.07, 6.45) is -3.79. The number of nitrogens with one attached hydrogen (secondary N) is 1. The Morgan fingerprint density at radius 1 is 1.12 bits per heavy atom. The first-order chi connectivity index (χ1) is 11.7. The molecule has 0 aliphatic heterocycles. The Morgan fingerprint density at radius 2 is 1.80 bits per heavy atom. The molecular formula is C17H9F5N2O. The van der Waals surface area contributed by atoms with Gasteiger partial charge in [0, 0.05) is 11.3 Å². The number of benzene rings is 2. The highest BCUT2D eigenvalue weighted by Crippen LogP contribution is 2.30. The van der Waals surface area contributed by atoms with Crippen molar-refractivity contribution in [2.75, 3.05) is 5.32 Å². The van der Waals surface area contributed by atoms with E-state index in [9.17, 15) is 26.7 Å². The lowest BCUT2D eigenvalue weighted by Gasteiger charge is -2.09. The molecule has 2 aromatic carbocycles. The molecule has 2 rings (SSSR count). The molecule has 1 amide bonds. The number of nitrogens with zero attached hydrogens (tertiary/aromatic N) is 1. The number of halogens is 5. The van der Waals surface area contributed by atoms with E-state index in [2.05, 4.69) is 5.32 Å². The van der Waals surface area contributed by atoms with Crippen molar-refractivity contribution >= 4 is 17.7 Å². The molecule has 0 unspecified atom stereocenters. The van der Waals surface area contributed by atoms with Gasteiger partial charge in [-0.1, -0.05) is 18.2 Å². The Bertz CT molecular complexity index is 881. The Hall–Kier alpha value is -3.21. The first-order valence-electron chi connectivity index (χ1n) is 6.77. The van der Waals surface area contributed by atoms with Crippen LogP contribution in [0.2, 0.25) is 0 Å². The molecule has 0 radical (unpaired) electrons. The van der Waals surface area contributed by atoms with Gasteiger partial charge in [0.15, 0.2) is 11.6 Å². The van der Waals surface area contributed by atoms with Crippen LogP contribution in [0, 0.1) is 23.0 Å². The van der Waals surface area contributed by atoms with E-state index in [1.807, 2.05) is 0 Å². The fraction of sp³-hybridized carbons (Fsp3) is 0.0588. The molecule has 0 aromatic heterocycles. The molecule has 0 spiro atoms. The number of rotatable bonds is 3. The zero-order valence-electron chi connectivity index (χ0n) is 12.4. The number of hydrogen-bond acceptors (Lipinski definition) is 2. The van der Waals surface area contributed by atoms with Crippen LogP contribution in [-0.4, -0.2) is 5.91 Å². The van der Waals surface area contributed by atoms with Crippen molar-refractivity contribution in [1.29, 1.82) is 5.26 Å². The number of nitriles is 1. The third kappa shape index (κ3) is 4.41. The van der Waals surface area contributed by atoms with Crippen molar-refractivity contribution in [3.8, 4) is 6.07 Å². The van der Waals surface area contributed by atoms with Crippen LogP contribution in [0.15, 0.2) is 48.0 Å². The molecule has 0 saturated carbocycles. The van der Waals surface area contributed by atoms with Crippen LogP contribution in [0.1, 0.15) is 11.1 Å². The molecular weight excluding hydrogens is 343 g/mol. The minimum absolute atomic E-state index is 0.194. The Balaban J connectivity index is 2.28. The minimum Gasteiger partial charge on any atom is -0.321 e. The summed E-state index contributed by atoms with van der Waals surface area (Å²) in [5.74, 6) is -3.46. The van der Waals surface area contributed by atoms with Gasteiger partial charge in [-0.25, -0.2) is 8.78 Å². The summed E-state index contributed by atoms with van der Waals surface area (Å²) in [5, 5.41) is 11.1. The molecule has 8 heteroatoms. The molecule has 1 N–H and O–H groups in total. The average molecular weight is 352 g/mol. The number of carbonyl (C=O) groups excluding carboxylic acids is 1. The van der Waals surface area contributed by atoms with E-state index >= 15 is 0 Å². The monoisotopic (exact) mass is 352 g/mol. The van der Waals surface area contributed by atoms with Crippen molar-refractivity contribution in [3.05, 3.63) is 70.8 Å². The van der Waals surface area contributed by atoms with Gasteiger partial charge in [0.2, 0.25) is 0 Å². The van der Waals surface area contributed by atoms with Crippen molar-refractivity contribution < 1.29 is 26.7 Å². The second kappa shape index (κ2) is 7.13. The second-order valence-electron chi connectivity index (χ2n) is 4.85. The minimum atomic E-state index is -4.60. The molecule has 0 saturated heterocycles. The van der Waals surface area contributed by atoms with E-state index in [0.717, 1.165) is 30.3 Å². The van der Waals surface area contributed by atoms with Gasteiger partial charge in [0.05, 0.1) is 5.56 Å². The van der Waals surface area contributed by atoms with Crippen LogP contribution in [-0.2, 0) is 11.0 Å². The van der Waals surface area contributed by atoms with Gasteiger partial charge >= 0.3 is 6.18 Å². The predicted octanol–water partition coefficient (Wildman–Crippen LogP) is 4.53. The summed E-state index contributed by atoms with van der Waals surface area (Å²) in [6, 6.07) is 8.48. The SMILES string of the molecule is N#CC(=Cc1cccc(F)c1F)C(=O)Nc1cccc(C(F)(F)F)c1. The fourth-order valence-electron chi connectivity index (χ4n) is 1.91. The maximum atomic E-state index is 13.6. The lowest BCUT2D eigenvalue weighted by atomic mass is 10.1. The van der Waals surface area contributed by atoms with Gasteiger partial charge in [-0.3, -0.25) is 4.79 Å². The normalized spacial score (nSPS) is 11.8. The molecule has 0 aliphatic carbocycles. The van der Waals surface area contributed by atoms with Gasteiger partial charge in [-0.15, -0.1) is 0 Å². The summed E-state index contributed by atoms with van der Waals surface area (Å²) in [7, 11) is 0. The van der Waals surface area contributed by atoms with E-state index in [-0.39, 0.29) is 11.3 Å². The van der Waals surface area contributed by atoms with Gasteiger partial charge in [0.1, 0.15) is 11.6 Å². The molecule has 0 bridgehead atoms. The summed E-state index contributed by atoms with van der Waals surface area (Å²) >= 11 is 0. The lowest BCUT2D eigenvalue weighted by Crippen LogP contribution is -2.14. The zero-order chi connectivity index (χ0) is 18.6. The highest BCUT2D eigenvalue weighted by molar-refractivity contribution is 6.09. The smallest absolute Gasteiger partial charge is 0.321 e. The fourth-order valence-corrected chi connectivity index (χ4v) is 1.91. The maximum Gasteiger partial charge on any atom is 0.416 e. The lowest BCUT2D eigenvalue weighted by molar-refractivity contribution is -0.137. The number of carbonyl (C=O) groups is 1. The molecule has 0 atom stereocenters. The van der Waals surface area contributed by atoms with Gasteiger partial charge in [-0.2, -0.15) is 18.4 Å². The van der Waals surface area contributed by atoms with Crippen molar-refractivity contribution in [3.63, 3.8) is 0 Å². The summed E-state index contributed by atoms with van der Waals surface area (Å²) in [4.78, 5) is 12.0. The van der Waals surface area contributed by atoms with Crippen molar-refractivity contribution in [2.24, 2.45) is 0 Å². The number of amides is 1. The Kier molecular flexibility index (Phi) is 5.17. The van der Waals surface area contributed by atoms with E-state index < -0.39 is 34.9 Å². The van der Waals surface area contributed by atoms with E-state index in [1.54, 1.807) is 0 Å². The molecule has 2 aromatic rings. The van der Waals surface area contributed by atoms with Crippen molar-refractivity contribution in [2.45, 2.75) is 6.18 Å². The summed E-state index contributed by atoms with van der Waals surface area (Å²) in [5.41, 5.74) is -2.11. The third-order valence-electron chi connectivity index (χ3n) is 3.09. The molecule has 0 aliphatic rings. The first kappa shape index (κ1) is 18.1. The van der Waals surface area contributed by atoms with E-state index in [1.165, 1.54) is 18.2 Å². The van der Waals surface area contributed by atoms with Crippen LogP contribution in [0.4, 0.5) is 27.6 Å². The largest absolute Gasteiger partial charge is 0.416 e. The van der Waals surface area contributed by atoms with E-state index in [0.29, 0.717) is 6.07 Å². The molecule has 3 nitrogen and oxygen atoms in total. The highest BCUT2D eigenvalue weighted by Gasteiger charge is 2.30. The standard InChI is InChI=1S/C17H9F5N2O/c18-14-6-1-3-10(15(14)19)7-11(9-23)16(25)24-13-5-2-4-12(8-13)17(20,21)22/h1-8H,(H,24,25). The van der Waals surface area contributed by atoms with Crippen LogP contribution < -0.4 is 5.32 Å². The van der Waals surface area contributed by atoms with Crippen LogP contribution in [0.5, 0.6) is 0 Å². The second-order valence-corrected chi connectivity index (χ2v) is 4.85. The number of anilines is 1. The van der Waals surface area contributed by atoms with E-state index in [4.69, 9.17) is 5.26 Å². The number of hydrogen-bond donors (Lipinski definition) is 1. The highest BCUT2D eigenvalue weighted by atomic mass is 19.4. The molecule has 0 fully saturated rings.